The summed E-state index contributed by atoms with van der Waals surface area (Å²) in [6, 6.07) is 10.7. The average molecular weight is 445 g/mol. The predicted molar refractivity (Wildman–Crippen MR) is 113 cm³/mol. The maximum atomic E-state index is 5.85. The summed E-state index contributed by atoms with van der Waals surface area (Å²) in [7, 11) is 0. The normalized spacial score (nSPS) is 16.6. The molecule has 136 valence electrons. The highest BCUT2D eigenvalue weighted by Gasteiger charge is 2.16. The van der Waals surface area contributed by atoms with Crippen LogP contribution in [0.1, 0.15) is 25.3 Å². The molecule has 0 atom stereocenters. The molecule has 0 unspecified atom stereocenters. The van der Waals surface area contributed by atoms with Gasteiger partial charge in [-0.25, -0.2) is 0 Å². The number of rotatable bonds is 8. The summed E-state index contributed by atoms with van der Waals surface area (Å²) in [5.74, 6) is 0.584. The van der Waals surface area contributed by atoms with E-state index in [1.54, 1.807) is 0 Å². The Morgan fingerprint density at radius 2 is 1.79 bits per heavy atom. The van der Waals surface area contributed by atoms with Crippen LogP contribution in [0, 0.1) is 0 Å². The number of unbranched alkanes of at least 4 members (excludes halogenated alkanes) is 1. The molecule has 0 amide bonds. The zero-order valence-electron chi connectivity index (χ0n) is 14.8. The number of piperazine rings is 1. The highest BCUT2D eigenvalue weighted by atomic mass is 127. The molecule has 0 bridgehead atoms. The fraction of sp³-hybridized carbons (Fsp3) is 0.611. The zero-order chi connectivity index (χ0) is 16.3. The van der Waals surface area contributed by atoms with Gasteiger partial charge in [0.25, 0.3) is 0 Å². The van der Waals surface area contributed by atoms with E-state index in [-0.39, 0.29) is 24.0 Å². The molecule has 2 rings (SSSR count). The molecule has 1 aromatic rings. The fourth-order valence-corrected chi connectivity index (χ4v) is 2.77. The van der Waals surface area contributed by atoms with Gasteiger partial charge in [-0.15, -0.1) is 24.0 Å². The van der Waals surface area contributed by atoms with Crippen molar-refractivity contribution in [2.45, 2.75) is 26.3 Å². The van der Waals surface area contributed by atoms with Gasteiger partial charge in [0.1, 0.15) is 0 Å². The monoisotopic (exact) mass is 445 g/mol. The summed E-state index contributed by atoms with van der Waals surface area (Å²) >= 11 is 0. The van der Waals surface area contributed by atoms with Gasteiger partial charge < -0.3 is 11.1 Å². The van der Waals surface area contributed by atoms with E-state index in [1.807, 2.05) is 0 Å². The minimum absolute atomic E-state index is 0. The third kappa shape index (κ3) is 8.30. The van der Waals surface area contributed by atoms with E-state index in [9.17, 15) is 0 Å². The predicted octanol–water partition coefficient (Wildman–Crippen LogP) is 2.13. The molecule has 3 N–H and O–H groups in total. The third-order valence-corrected chi connectivity index (χ3v) is 4.24. The highest BCUT2D eigenvalue weighted by Crippen LogP contribution is 2.07. The van der Waals surface area contributed by atoms with Gasteiger partial charge in [0.05, 0.1) is 0 Å². The Balaban J connectivity index is 0.00000288. The Bertz CT molecular complexity index is 458. The zero-order valence-corrected chi connectivity index (χ0v) is 17.1. The second-order valence-electron chi connectivity index (χ2n) is 6.15. The van der Waals surface area contributed by atoms with Crippen molar-refractivity contribution in [3.8, 4) is 0 Å². The van der Waals surface area contributed by atoms with E-state index in [4.69, 9.17) is 5.73 Å². The lowest BCUT2D eigenvalue weighted by molar-refractivity contribution is 0.129. The van der Waals surface area contributed by atoms with Crippen LogP contribution in [0.15, 0.2) is 35.3 Å². The van der Waals surface area contributed by atoms with Gasteiger partial charge in [-0.05, 0) is 12.0 Å². The lowest BCUT2D eigenvalue weighted by atomic mass is 10.2. The van der Waals surface area contributed by atoms with Crippen molar-refractivity contribution in [3.63, 3.8) is 0 Å². The topological polar surface area (TPSA) is 56.9 Å². The quantitative estimate of drug-likeness (QED) is 0.279. The molecule has 1 fully saturated rings. The Labute approximate surface area is 163 Å². The van der Waals surface area contributed by atoms with Crippen LogP contribution in [-0.2, 0) is 6.54 Å². The molecule has 1 aliphatic rings. The minimum atomic E-state index is 0. The summed E-state index contributed by atoms with van der Waals surface area (Å²) in [6.07, 6.45) is 2.26. The van der Waals surface area contributed by atoms with Gasteiger partial charge in [-0.3, -0.25) is 14.8 Å². The Morgan fingerprint density at radius 1 is 1.12 bits per heavy atom. The molecule has 1 aliphatic heterocycles. The van der Waals surface area contributed by atoms with Crippen LogP contribution >= 0.6 is 24.0 Å². The standard InChI is InChI=1S/C18H31N5.HI/c1-2-3-9-20-18(19)21-10-11-22-12-14-23(15-13-22)16-17-7-5-4-6-8-17;/h4-8H,2-3,9-16H2,1H3,(H3,19,20,21);1H. The van der Waals surface area contributed by atoms with E-state index >= 15 is 0 Å². The highest BCUT2D eigenvalue weighted by molar-refractivity contribution is 14.0. The summed E-state index contributed by atoms with van der Waals surface area (Å²) in [4.78, 5) is 9.33. The first-order valence-electron chi connectivity index (χ1n) is 8.80. The summed E-state index contributed by atoms with van der Waals surface area (Å²) in [6.45, 7) is 10.5. The van der Waals surface area contributed by atoms with E-state index in [0.717, 1.165) is 65.2 Å². The molecule has 6 heteroatoms. The lowest BCUT2D eigenvalue weighted by Crippen LogP contribution is -2.48. The van der Waals surface area contributed by atoms with Crippen molar-refractivity contribution in [3.05, 3.63) is 35.9 Å². The molecular weight excluding hydrogens is 413 g/mol. The number of nitrogens with two attached hydrogens (primary N) is 1. The number of aliphatic imine (C=N–C) groups is 1. The van der Waals surface area contributed by atoms with Crippen LogP contribution in [0.4, 0.5) is 0 Å². The maximum absolute atomic E-state index is 5.85. The van der Waals surface area contributed by atoms with Crippen molar-refractivity contribution in [2.75, 3.05) is 45.8 Å². The maximum Gasteiger partial charge on any atom is 0.188 e. The summed E-state index contributed by atoms with van der Waals surface area (Å²) < 4.78 is 0. The van der Waals surface area contributed by atoms with Crippen LogP contribution in [0.5, 0.6) is 0 Å². The number of benzene rings is 1. The molecule has 0 saturated carbocycles. The Kier molecular flexibility index (Phi) is 11.0. The summed E-state index contributed by atoms with van der Waals surface area (Å²) in [5.41, 5.74) is 7.25. The van der Waals surface area contributed by atoms with Crippen LogP contribution in [0.2, 0.25) is 0 Å². The second-order valence-corrected chi connectivity index (χ2v) is 6.15. The molecule has 1 heterocycles. The molecule has 0 aliphatic carbocycles. The van der Waals surface area contributed by atoms with Crippen molar-refractivity contribution < 1.29 is 0 Å². The molecule has 1 aromatic carbocycles. The van der Waals surface area contributed by atoms with Crippen molar-refractivity contribution in [1.29, 1.82) is 0 Å². The average Bonchev–Trinajstić information content (AvgIpc) is 2.58. The number of halogens is 1. The summed E-state index contributed by atoms with van der Waals surface area (Å²) in [5, 5.41) is 3.21. The third-order valence-electron chi connectivity index (χ3n) is 4.24. The van der Waals surface area contributed by atoms with E-state index in [1.165, 1.54) is 5.56 Å². The fourth-order valence-electron chi connectivity index (χ4n) is 2.77. The first-order chi connectivity index (χ1) is 11.3. The van der Waals surface area contributed by atoms with E-state index in [2.05, 4.69) is 57.4 Å². The van der Waals surface area contributed by atoms with Gasteiger partial charge in [-0.1, -0.05) is 43.7 Å². The second kappa shape index (κ2) is 12.5. The number of hydrogen-bond acceptors (Lipinski definition) is 3. The number of nitrogens with one attached hydrogen (secondary N) is 1. The van der Waals surface area contributed by atoms with Gasteiger partial charge >= 0.3 is 0 Å². The van der Waals surface area contributed by atoms with Crippen molar-refractivity contribution >= 4 is 29.9 Å². The van der Waals surface area contributed by atoms with Gasteiger partial charge in [0.15, 0.2) is 5.96 Å². The van der Waals surface area contributed by atoms with Gasteiger partial charge in [0, 0.05) is 52.4 Å². The van der Waals surface area contributed by atoms with Gasteiger partial charge in [0.2, 0.25) is 0 Å². The number of guanidine groups is 1. The Morgan fingerprint density at radius 3 is 2.46 bits per heavy atom. The first-order valence-corrected chi connectivity index (χ1v) is 8.80. The van der Waals surface area contributed by atoms with E-state index < -0.39 is 0 Å². The molecule has 0 spiro atoms. The molecule has 0 aromatic heterocycles. The largest absolute Gasteiger partial charge is 0.370 e. The van der Waals surface area contributed by atoms with Crippen LogP contribution in [-0.4, -0.2) is 61.6 Å². The van der Waals surface area contributed by atoms with Gasteiger partial charge in [-0.2, -0.15) is 0 Å². The van der Waals surface area contributed by atoms with Crippen molar-refractivity contribution in [1.82, 2.24) is 15.1 Å². The molecular formula is C18H32IN5. The lowest BCUT2D eigenvalue weighted by Gasteiger charge is -2.34. The minimum Gasteiger partial charge on any atom is -0.370 e. The molecule has 0 radical (unpaired) electrons. The number of hydrogen-bond donors (Lipinski definition) is 2. The van der Waals surface area contributed by atoms with Crippen LogP contribution in [0.3, 0.4) is 0 Å². The molecule has 1 saturated heterocycles. The SMILES string of the molecule is CCCCN=C(N)NCCN1CCN(Cc2ccccc2)CC1.I. The van der Waals surface area contributed by atoms with Crippen LogP contribution < -0.4 is 11.1 Å². The number of nitrogens with zero attached hydrogens (tertiary/aromatic N) is 3. The van der Waals surface area contributed by atoms with E-state index in [0.29, 0.717) is 5.96 Å². The smallest absolute Gasteiger partial charge is 0.188 e. The Hall–Kier alpha value is -0.860. The first kappa shape index (κ1) is 21.2. The molecule has 5 nitrogen and oxygen atoms in total. The molecule has 24 heavy (non-hydrogen) atoms. The van der Waals surface area contributed by atoms with Crippen LogP contribution in [0.25, 0.3) is 0 Å². The van der Waals surface area contributed by atoms with Crippen molar-refractivity contribution in [2.24, 2.45) is 10.7 Å².